The van der Waals surface area contributed by atoms with Crippen molar-refractivity contribution in [1.82, 2.24) is 4.98 Å². The molecule has 3 rings (SSSR count). The molecule has 1 amide bonds. The Morgan fingerprint density at radius 2 is 1.88 bits per heavy atom. The zero-order valence-electron chi connectivity index (χ0n) is 14.5. The Morgan fingerprint density at radius 1 is 1.12 bits per heavy atom. The molecule has 1 N–H and O–H groups in total. The van der Waals surface area contributed by atoms with Gasteiger partial charge in [0.05, 0.1) is 11.3 Å². The molecule has 1 aromatic heterocycles. The van der Waals surface area contributed by atoms with Crippen LogP contribution in [0, 0.1) is 13.8 Å². The van der Waals surface area contributed by atoms with Crippen LogP contribution in [0.2, 0.25) is 0 Å². The van der Waals surface area contributed by atoms with Gasteiger partial charge in [-0.1, -0.05) is 48.0 Å². The third-order valence-electron chi connectivity index (χ3n) is 3.77. The van der Waals surface area contributed by atoms with Gasteiger partial charge in [0.15, 0.2) is 11.7 Å². The van der Waals surface area contributed by atoms with Crippen molar-refractivity contribution in [3.05, 3.63) is 70.6 Å². The first-order valence-electron chi connectivity index (χ1n) is 8.08. The molecule has 0 saturated heterocycles. The van der Waals surface area contributed by atoms with Gasteiger partial charge in [-0.3, -0.25) is 10.1 Å². The van der Waals surface area contributed by atoms with Gasteiger partial charge in [-0.2, -0.15) is 0 Å². The standard InChI is InChI=1S/C20H18N2O3S/c1-13-8-9-14(2)16(10-13)19(24)25-11-18(23)22-20-21-17(12-26-20)15-6-4-3-5-7-15/h3-10,12H,11H2,1-2H3,(H,21,22,23). The van der Waals surface area contributed by atoms with Gasteiger partial charge in [0, 0.05) is 10.9 Å². The number of benzene rings is 2. The van der Waals surface area contributed by atoms with E-state index in [1.165, 1.54) is 11.3 Å². The SMILES string of the molecule is Cc1ccc(C)c(C(=O)OCC(=O)Nc2nc(-c3ccccc3)cs2)c1. The van der Waals surface area contributed by atoms with Crippen molar-refractivity contribution in [2.24, 2.45) is 0 Å². The molecule has 0 aliphatic rings. The second-order valence-electron chi connectivity index (χ2n) is 5.85. The van der Waals surface area contributed by atoms with Crippen molar-refractivity contribution in [1.29, 1.82) is 0 Å². The topological polar surface area (TPSA) is 68.3 Å². The number of esters is 1. The van der Waals surface area contributed by atoms with Gasteiger partial charge in [-0.15, -0.1) is 11.3 Å². The van der Waals surface area contributed by atoms with Crippen molar-refractivity contribution >= 4 is 28.3 Å². The number of ether oxygens (including phenoxy) is 1. The summed E-state index contributed by atoms with van der Waals surface area (Å²) in [4.78, 5) is 28.6. The molecule has 0 aliphatic heterocycles. The summed E-state index contributed by atoms with van der Waals surface area (Å²) in [5, 5.41) is 4.99. The van der Waals surface area contributed by atoms with E-state index in [0.717, 1.165) is 22.4 Å². The van der Waals surface area contributed by atoms with E-state index in [4.69, 9.17) is 4.74 Å². The fraction of sp³-hybridized carbons (Fsp3) is 0.150. The van der Waals surface area contributed by atoms with Crippen LogP contribution in [-0.4, -0.2) is 23.5 Å². The number of nitrogens with one attached hydrogen (secondary N) is 1. The lowest BCUT2D eigenvalue weighted by molar-refractivity contribution is -0.119. The normalized spacial score (nSPS) is 10.4. The second kappa shape index (κ2) is 7.93. The summed E-state index contributed by atoms with van der Waals surface area (Å²) in [5.74, 6) is -0.928. The minimum atomic E-state index is -0.509. The van der Waals surface area contributed by atoms with Crippen LogP contribution in [0.4, 0.5) is 5.13 Å². The van der Waals surface area contributed by atoms with Crippen LogP contribution in [0.5, 0.6) is 0 Å². The van der Waals surface area contributed by atoms with Gasteiger partial charge in [0.2, 0.25) is 0 Å². The summed E-state index contributed by atoms with van der Waals surface area (Å²) in [6.45, 7) is 3.37. The van der Waals surface area contributed by atoms with Gasteiger partial charge in [-0.25, -0.2) is 9.78 Å². The number of aromatic nitrogens is 1. The number of carbonyl (C=O) groups is 2. The van der Waals surface area contributed by atoms with Crippen molar-refractivity contribution in [3.63, 3.8) is 0 Å². The van der Waals surface area contributed by atoms with Gasteiger partial charge in [0.25, 0.3) is 5.91 Å². The molecule has 0 spiro atoms. The van der Waals surface area contributed by atoms with Crippen LogP contribution in [-0.2, 0) is 9.53 Å². The highest BCUT2D eigenvalue weighted by molar-refractivity contribution is 7.14. The lowest BCUT2D eigenvalue weighted by Gasteiger charge is -2.07. The van der Waals surface area contributed by atoms with Gasteiger partial charge < -0.3 is 4.74 Å². The summed E-state index contributed by atoms with van der Waals surface area (Å²) >= 11 is 1.32. The number of aryl methyl sites for hydroxylation is 2. The second-order valence-corrected chi connectivity index (χ2v) is 6.70. The van der Waals surface area contributed by atoms with Crippen LogP contribution in [0.15, 0.2) is 53.9 Å². The fourth-order valence-electron chi connectivity index (χ4n) is 2.39. The van der Waals surface area contributed by atoms with E-state index in [1.54, 1.807) is 6.07 Å². The largest absolute Gasteiger partial charge is 0.452 e. The summed E-state index contributed by atoms with van der Waals surface area (Å²) in [7, 11) is 0. The number of thiazole rings is 1. The maximum atomic E-state index is 12.1. The Bertz CT molecular complexity index is 935. The third kappa shape index (κ3) is 4.34. The van der Waals surface area contributed by atoms with E-state index in [-0.39, 0.29) is 6.61 Å². The molecule has 0 saturated carbocycles. The molecule has 0 radical (unpaired) electrons. The smallest absolute Gasteiger partial charge is 0.338 e. The summed E-state index contributed by atoms with van der Waals surface area (Å²) < 4.78 is 5.12. The van der Waals surface area contributed by atoms with E-state index in [2.05, 4.69) is 10.3 Å². The zero-order chi connectivity index (χ0) is 18.5. The van der Waals surface area contributed by atoms with Crippen LogP contribution in [0.25, 0.3) is 11.3 Å². The number of anilines is 1. The van der Waals surface area contributed by atoms with Crippen molar-refractivity contribution < 1.29 is 14.3 Å². The molecule has 3 aromatic rings. The number of rotatable bonds is 5. The maximum absolute atomic E-state index is 12.1. The molecule has 5 nitrogen and oxygen atoms in total. The van der Waals surface area contributed by atoms with E-state index in [1.807, 2.05) is 61.7 Å². The number of hydrogen-bond acceptors (Lipinski definition) is 5. The predicted molar refractivity (Wildman–Crippen MR) is 102 cm³/mol. The van der Waals surface area contributed by atoms with Crippen LogP contribution >= 0.6 is 11.3 Å². The maximum Gasteiger partial charge on any atom is 0.338 e. The molecule has 2 aromatic carbocycles. The quantitative estimate of drug-likeness (QED) is 0.687. The van der Waals surface area contributed by atoms with Crippen LogP contribution in [0.1, 0.15) is 21.5 Å². The molecule has 26 heavy (non-hydrogen) atoms. The van der Waals surface area contributed by atoms with Crippen LogP contribution < -0.4 is 5.32 Å². The molecule has 1 heterocycles. The Balaban J connectivity index is 1.57. The van der Waals surface area contributed by atoms with Crippen LogP contribution in [0.3, 0.4) is 0 Å². The average molecular weight is 366 g/mol. The average Bonchev–Trinajstić information content (AvgIpc) is 3.11. The summed E-state index contributed by atoms with van der Waals surface area (Å²) in [6, 6.07) is 15.2. The number of carbonyl (C=O) groups excluding carboxylic acids is 2. The Hall–Kier alpha value is -2.99. The Labute approximate surface area is 155 Å². The van der Waals surface area contributed by atoms with Gasteiger partial charge in [0.1, 0.15) is 0 Å². The molecular formula is C20H18N2O3S. The Kier molecular flexibility index (Phi) is 5.43. The lowest BCUT2D eigenvalue weighted by Crippen LogP contribution is -2.21. The molecule has 0 aliphatic carbocycles. The molecule has 0 fully saturated rings. The van der Waals surface area contributed by atoms with E-state index < -0.39 is 11.9 Å². The highest BCUT2D eigenvalue weighted by Gasteiger charge is 2.14. The number of hydrogen-bond donors (Lipinski definition) is 1. The molecule has 0 unspecified atom stereocenters. The zero-order valence-corrected chi connectivity index (χ0v) is 15.3. The third-order valence-corrected chi connectivity index (χ3v) is 4.53. The first-order valence-corrected chi connectivity index (χ1v) is 8.96. The fourth-order valence-corrected chi connectivity index (χ4v) is 3.13. The van der Waals surface area contributed by atoms with Crippen molar-refractivity contribution in [3.8, 4) is 11.3 Å². The minimum Gasteiger partial charge on any atom is -0.452 e. The molecule has 0 atom stereocenters. The molecule has 0 bridgehead atoms. The molecule has 132 valence electrons. The number of nitrogens with zero attached hydrogens (tertiary/aromatic N) is 1. The molecule has 6 heteroatoms. The first kappa shape index (κ1) is 17.8. The van der Waals surface area contributed by atoms with E-state index >= 15 is 0 Å². The number of amides is 1. The monoisotopic (exact) mass is 366 g/mol. The summed E-state index contributed by atoms with van der Waals surface area (Å²) in [6.07, 6.45) is 0. The van der Waals surface area contributed by atoms with Crippen molar-refractivity contribution in [2.45, 2.75) is 13.8 Å². The minimum absolute atomic E-state index is 0.355. The Morgan fingerprint density at radius 3 is 2.65 bits per heavy atom. The van der Waals surface area contributed by atoms with E-state index in [9.17, 15) is 9.59 Å². The lowest BCUT2D eigenvalue weighted by atomic mass is 10.1. The highest BCUT2D eigenvalue weighted by Crippen LogP contribution is 2.24. The predicted octanol–water partition coefficient (Wildman–Crippen LogP) is 4.22. The molecular weight excluding hydrogens is 348 g/mol. The van der Waals surface area contributed by atoms with Crippen molar-refractivity contribution in [2.75, 3.05) is 11.9 Å². The first-order chi connectivity index (χ1) is 12.5. The highest BCUT2D eigenvalue weighted by atomic mass is 32.1. The summed E-state index contributed by atoms with van der Waals surface area (Å²) in [5.41, 5.74) is 4.01. The van der Waals surface area contributed by atoms with E-state index in [0.29, 0.717) is 10.7 Å². The van der Waals surface area contributed by atoms with Gasteiger partial charge in [-0.05, 0) is 25.5 Å². The van der Waals surface area contributed by atoms with Gasteiger partial charge >= 0.3 is 5.97 Å².